The lowest BCUT2D eigenvalue weighted by Crippen LogP contribution is -2.32. The number of anilines is 2. The maximum atomic E-state index is 14.2. The first-order valence-electron chi connectivity index (χ1n) is 10.8. The van der Waals surface area contributed by atoms with Crippen LogP contribution >= 0.6 is 11.8 Å². The third kappa shape index (κ3) is 8.19. The summed E-state index contributed by atoms with van der Waals surface area (Å²) in [6.07, 6.45) is -0.0770. The zero-order valence-corrected chi connectivity index (χ0v) is 20.3. The number of carbonyl (C=O) groups excluding carboxylic acids is 1. The van der Waals surface area contributed by atoms with Crippen LogP contribution in [0.2, 0.25) is 0 Å². The summed E-state index contributed by atoms with van der Waals surface area (Å²) in [4.78, 5) is 26.8. The summed E-state index contributed by atoms with van der Waals surface area (Å²) in [7, 11) is 0. The Morgan fingerprint density at radius 1 is 1.06 bits per heavy atom. The van der Waals surface area contributed by atoms with Crippen molar-refractivity contribution in [3.05, 3.63) is 53.3 Å². The Balaban J connectivity index is 2.34. The molecule has 0 saturated carbocycles. The largest absolute Gasteiger partial charge is 0.481 e. The second-order valence-electron chi connectivity index (χ2n) is 8.87. The summed E-state index contributed by atoms with van der Waals surface area (Å²) in [6, 6.07) is 10.5. The second-order valence-corrected chi connectivity index (χ2v) is 9.92. The van der Waals surface area contributed by atoms with Crippen molar-refractivity contribution in [2.75, 3.05) is 29.1 Å². The van der Waals surface area contributed by atoms with E-state index in [-0.39, 0.29) is 18.1 Å². The number of carboxylic acid groups (broad SMARTS) is 1. The number of hydrogen-bond donors (Lipinski definition) is 2. The third-order valence-electron chi connectivity index (χ3n) is 4.68. The van der Waals surface area contributed by atoms with Crippen LogP contribution in [-0.2, 0) is 16.0 Å². The molecule has 5 nitrogen and oxygen atoms in total. The summed E-state index contributed by atoms with van der Waals surface area (Å²) >= 11 is 1.20. The maximum Gasteiger partial charge on any atom is 0.313 e. The maximum absolute atomic E-state index is 14.2. The minimum Gasteiger partial charge on any atom is -0.481 e. The van der Waals surface area contributed by atoms with Crippen LogP contribution in [0.1, 0.15) is 38.8 Å². The van der Waals surface area contributed by atoms with Crippen LogP contribution in [0.4, 0.5) is 15.8 Å². The van der Waals surface area contributed by atoms with E-state index in [1.807, 2.05) is 12.1 Å². The molecule has 2 aromatic rings. The fourth-order valence-electron chi connectivity index (χ4n) is 3.44. The van der Waals surface area contributed by atoms with Gasteiger partial charge >= 0.3 is 5.97 Å². The van der Waals surface area contributed by atoms with E-state index in [0.717, 1.165) is 29.2 Å². The Morgan fingerprint density at radius 3 is 2.28 bits per heavy atom. The van der Waals surface area contributed by atoms with Crippen LogP contribution in [0.25, 0.3) is 0 Å². The van der Waals surface area contributed by atoms with Crippen molar-refractivity contribution in [2.24, 2.45) is 11.8 Å². The highest BCUT2D eigenvalue weighted by atomic mass is 32.2. The first-order valence-corrected chi connectivity index (χ1v) is 11.8. The standard InChI is InChI=1S/C25H33FN2O3S/c1-16(2)13-28(14-17(3)4)23-9-8-20(32-15-25(30)31)12-22(23)27-24(29)11-19-7-6-18(5)10-21(19)26/h6-10,12,16-17H,11,13-15H2,1-5H3,(H,27,29)(H,30,31). The molecule has 0 bridgehead atoms. The molecule has 0 fully saturated rings. The molecule has 0 heterocycles. The molecule has 1 amide bonds. The van der Waals surface area contributed by atoms with Crippen molar-refractivity contribution in [3.63, 3.8) is 0 Å². The molecule has 32 heavy (non-hydrogen) atoms. The quantitative estimate of drug-likeness (QED) is 0.427. The molecule has 7 heteroatoms. The van der Waals surface area contributed by atoms with Gasteiger partial charge in [0, 0.05) is 18.0 Å². The second kappa shape index (κ2) is 11.9. The van der Waals surface area contributed by atoms with Crippen molar-refractivity contribution >= 4 is 35.0 Å². The SMILES string of the molecule is Cc1ccc(CC(=O)Nc2cc(SCC(=O)O)ccc2N(CC(C)C)CC(C)C)c(F)c1. The molecule has 2 aromatic carbocycles. The molecule has 0 atom stereocenters. The summed E-state index contributed by atoms with van der Waals surface area (Å²) in [5.41, 5.74) is 2.63. The fraction of sp³-hybridized carbons (Fsp3) is 0.440. The van der Waals surface area contributed by atoms with Gasteiger partial charge in [-0.05, 0) is 54.2 Å². The summed E-state index contributed by atoms with van der Waals surface area (Å²) in [6.45, 7) is 12.0. The first-order chi connectivity index (χ1) is 15.0. The van der Waals surface area contributed by atoms with E-state index in [2.05, 4.69) is 37.9 Å². The predicted molar refractivity (Wildman–Crippen MR) is 130 cm³/mol. The molecule has 174 valence electrons. The van der Waals surface area contributed by atoms with Gasteiger partial charge in [0.2, 0.25) is 5.91 Å². The van der Waals surface area contributed by atoms with Gasteiger partial charge in [0.15, 0.2) is 0 Å². The van der Waals surface area contributed by atoms with Crippen LogP contribution in [0, 0.1) is 24.6 Å². The van der Waals surface area contributed by atoms with Gasteiger partial charge in [-0.2, -0.15) is 0 Å². The lowest BCUT2D eigenvalue weighted by Gasteiger charge is -2.30. The number of nitrogens with zero attached hydrogens (tertiary/aromatic N) is 1. The number of carboxylic acids is 1. The van der Waals surface area contributed by atoms with Crippen molar-refractivity contribution in [2.45, 2.75) is 45.9 Å². The van der Waals surface area contributed by atoms with Gasteiger partial charge < -0.3 is 15.3 Å². The van der Waals surface area contributed by atoms with Gasteiger partial charge in [-0.1, -0.05) is 39.8 Å². The van der Waals surface area contributed by atoms with E-state index >= 15 is 0 Å². The zero-order chi connectivity index (χ0) is 23.8. The zero-order valence-electron chi connectivity index (χ0n) is 19.4. The number of rotatable bonds is 11. The average Bonchev–Trinajstić information content (AvgIpc) is 2.67. The van der Waals surface area contributed by atoms with Gasteiger partial charge in [0.1, 0.15) is 5.82 Å². The van der Waals surface area contributed by atoms with E-state index in [9.17, 15) is 14.0 Å². The van der Waals surface area contributed by atoms with Crippen LogP contribution in [0.3, 0.4) is 0 Å². The molecule has 0 aromatic heterocycles. The fourth-order valence-corrected chi connectivity index (χ4v) is 4.10. The van der Waals surface area contributed by atoms with Gasteiger partial charge in [0.05, 0.1) is 23.5 Å². The number of hydrogen-bond acceptors (Lipinski definition) is 4. The third-order valence-corrected chi connectivity index (χ3v) is 5.65. The molecule has 0 aliphatic carbocycles. The minimum atomic E-state index is -0.902. The number of carbonyl (C=O) groups is 2. The van der Waals surface area contributed by atoms with Crippen LogP contribution < -0.4 is 10.2 Å². The molecule has 0 aliphatic heterocycles. The highest BCUT2D eigenvalue weighted by Gasteiger charge is 2.18. The van der Waals surface area contributed by atoms with Crippen molar-refractivity contribution < 1.29 is 19.1 Å². The number of amides is 1. The highest BCUT2D eigenvalue weighted by Crippen LogP contribution is 2.32. The number of nitrogens with one attached hydrogen (secondary N) is 1. The minimum absolute atomic E-state index is 0.0665. The normalized spacial score (nSPS) is 11.1. The summed E-state index contributed by atoms with van der Waals surface area (Å²) < 4.78 is 14.2. The lowest BCUT2D eigenvalue weighted by molar-refractivity contribution is -0.133. The molecule has 0 radical (unpaired) electrons. The van der Waals surface area contributed by atoms with Crippen molar-refractivity contribution in [3.8, 4) is 0 Å². The van der Waals surface area contributed by atoms with E-state index in [1.165, 1.54) is 17.8 Å². The van der Waals surface area contributed by atoms with Gasteiger partial charge in [0.25, 0.3) is 0 Å². The van der Waals surface area contributed by atoms with Crippen LogP contribution in [0.15, 0.2) is 41.3 Å². The van der Waals surface area contributed by atoms with Crippen molar-refractivity contribution in [1.82, 2.24) is 0 Å². The van der Waals surface area contributed by atoms with Crippen LogP contribution in [-0.4, -0.2) is 35.8 Å². The summed E-state index contributed by atoms with van der Waals surface area (Å²) in [5.74, 6) is -0.847. The molecule has 0 unspecified atom stereocenters. The molecular weight excluding hydrogens is 427 g/mol. The molecule has 2 rings (SSSR count). The Bertz CT molecular complexity index is 937. The number of aliphatic carboxylic acids is 1. The summed E-state index contributed by atoms with van der Waals surface area (Å²) in [5, 5.41) is 12.0. The highest BCUT2D eigenvalue weighted by molar-refractivity contribution is 8.00. The van der Waals surface area contributed by atoms with E-state index in [1.54, 1.807) is 25.1 Å². The smallest absolute Gasteiger partial charge is 0.313 e. The Morgan fingerprint density at radius 2 is 1.72 bits per heavy atom. The number of benzene rings is 2. The number of halogens is 1. The Labute approximate surface area is 194 Å². The van der Waals surface area contributed by atoms with Crippen LogP contribution in [0.5, 0.6) is 0 Å². The van der Waals surface area contributed by atoms with Gasteiger partial charge in [-0.15, -0.1) is 11.8 Å². The Hall–Kier alpha value is -2.54. The predicted octanol–water partition coefficient (Wildman–Crippen LogP) is 5.61. The molecule has 0 saturated heterocycles. The van der Waals surface area contributed by atoms with E-state index in [4.69, 9.17) is 5.11 Å². The van der Waals surface area contributed by atoms with Crippen molar-refractivity contribution in [1.29, 1.82) is 0 Å². The molecule has 2 N–H and O–H groups in total. The monoisotopic (exact) mass is 460 g/mol. The molecule has 0 aliphatic rings. The number of aryl methyl sites for hydroxylation is 1. The topological polar surface area (TPSA) is 69.6 Å². The number of thioether (sulfide) groups is 1. The van der Waals surface area contributed by atoms with E-state index in [0.29, 0.717) is 23.1 Å². The molecule has 0 spiro atoms. The Kier molecular flexibility index (Phi) is 9.57. The lowest BCUT2D eigenvalue weighted by atomic mass is 10.1. The first kappa shape index (κ1) is 25.7. The van der Waals surface area contributed by atoms with Gasteiger partial charge in [-0.3, -0.25) is 9.59 Å². The van der Waals surface area contributed by atoms with E-state index < -0.39 is 11.8 Å². The molecular formula is C25H33FN2O3S. The van der Waals surface area contributed by atoms with Gasteiger partial charge in [-0.25, -0.2) is 4.39 Å². The average molecular weight is 461 g/mol.